The molecule has 1 fully saturated rings. The molecule has 0 aliphatic carbocycles. The summed E-state index contributed by atoms with van der Waals surface area (Å²) in [6, 6.07) is 8.32. The fourth-order valence-electron chi connectivity index (χ4n) is 3.03. The van der Waals surface area contributed by atoms with Crippen molar-refractivity contribution in [1.82, 2.24) is 9.88 Å². The lowest BCUT2D eigenvalue weighted by Gasteiger charge is -2.35. The number of halogens is 2. The summed E-state index contributed by atoms with van der Waals surface area (Å²) in [5.41, 5.74) is 1.09. The van der Waals surface area contributed by atoms with Crippen molar-refractivity contribution in [3.63, 3.8) is 0 Å². The number of aromatic nitrogens is 1. The lowest BCUT2D eigenvalue weighted by Crippen LogP contribution is -2.48. The smallest absolute Gasteiger partial charge is 0.257 e. The van der Waals surface area contributed by atoms with Gasteiger partial charge in [-0.15, -0.1) is 0 Å². The van der Waals surface area contributed by atoms with Gasteiger partial charge in [0.25, 0.3) is 11.8 Å². The average Bonchev–Trinajstić information content (AvgIpc) is 2.63. The van der Waals surface area contributed by atoms with E-state index in [2.05, 4.69) is 10.3 Å². The number of nitrogens with one attached hydrogen (secondary N) is 1. The minimum absolute atomic E-state index is 0.0401. The highest BCUT2D eigenvalue weighted by molar-refractivity contribution is 6.41. The van der Waals surface area contributed by atoms with Gasteiger partial charge in [-0.1, -0.05) is 35.3 Å². The average molecular weight is 408 g/mol. The van der Waals surface area contributed by atoms with Crippen molar-refractivity contribution in [2.75, 3.05) is 18.4 Å². The molecule has 0 unspecified atom stereocenters. The van der Waals surface area contributed by atoms with Gasteiger partial charge < -0.3 is 15.0 Å². The van der Waals surface area contributed by atoms with Crippen LogP contribution in [0.4, 0.5) is 5.69 Å². The van der Waals surface area contributed by atoms with Gasteiger partial charge in [0.05, 0.1) is 34.0 Å². The Morgan fingerprint density at radius 1 is 1.19 bits per heavy atom. The molecule has 1 N–H and O–H groups in total. The molecule has 1 saturated heterocycles. The molecule has 2 aromatic rings. The number of amides is 2. The van der Waals surface area contributed by atoms with Gasteiger partial charge in [-0.25, -0.2) is 4.98 Å². The quantitative estimate of drug-likeness (QED) is 0.783. The van der Waals surface area contributed by atoms with Gasteiger partial charge in [0, 0.05) is 19.3 Å². The molecule has 1 aromatic heterocycles. The van der Waals surface area contributed by atoms with Crippen molar-refractivity contribution >= 4 is 40.7 Å². The number of hydrogen-bond donors (Lipinski definition) is 1. The largest absolute Gasteiger partial charge is 0.372 e. The molecular weight excluding hydrogens is 389 g/mol. The fourth-order valence-corrected chi connectivity index (χ4v) is 3.30. The maximum absolute atomic E-state index is 13.0. The number of hydrogen-bond acceptors (Lipinski definition) is 4. The first-order valence-electron chi connectivity index (χ1n) is 8.51. The van der Waals surface area contributed by atoms with Gasteiger partial charge >= 0.3 is 0 Å². The second kappa shape index (κ2) is 8.25. The van der Waals surface area contributed by atoms with Crippen LogP contribution in [-0.2, 0) is 4.74 Å². The van der Waals surface area contributed by atoms with Crippen molar-refractivity contribution in [3.8, 4) is 0 Å². The van der Waals surface area contributed by atoms with Crippen molar-refractivity contribution in [1.29, 1.82) is 0 Å². The van der Waals surface area contributed by atoms with Gasteiger partial charge in [-0.05, 0) is 32.0 Å². The van der Waals surface area contributed by atoms with Crippen LogP contribution < -0.4 is 5.32 Å². The number of nitrogens with zero attached hydrogens (tertiary/aromatic N) is 2. The van der Waals surface area contributed by atoms with E-state index >= 15 is 0 Å². The van der Waals surface area contributed by atoms with Crippen LogP contribution in [0, 0.1) is 0 Å². The molecule has 3 rings (SSSR count). The van der Waals surface area contributed by atoms with Gasteiger partial charge in [0.15, 0.2) is 0 Å². The number of morpholine rings is 1. The topological polar surface area (TPSA) is 71.5 Å². The van der Waals surface area contributed by atoms with E-state index < -0.39 is 5.91 Å². The monoisotopic (exact) mass is 407 g/mol. The van der Waals surface area contributed by atoms with E-state index in [9.17, 15) is 9.59 Å². The van der Waals surface area contributed by atoms with Gasteiger partial charge in [-0.3, -0.25) is 9.59 Å². The summed E-state index contributed by atoms with van der Waals surface area (Å²) in [7, 11) is 0. The summed E-state index contributed by atoms with van der Waals surface area (Å²) in [5, 5.41) is 3.07. The van der Waals surface area contributed by atoms with Crippen LogP contribution in [0.2, 0.25) is 10.2 Å². The predicted molar refractivity (Wildman–Crippen MR) is 105 cm³/mol. The van der Waals surface area contributed by atoms with Crippen LogP contribution in [0.5, 0.6) is 0 Å². The number of para-hydroxylation sites is 1. The second-order valence-electron chi connectivity index (χ2n) is 6.46. The molecule has 6 nitrogen and oxygen atoms in total. The maximum Gasteiger partial charge on any atom is 0.257 e. The summed E-state index contributed by atoms with van der Waals surface area (Å²) < 4.78 is 5.68. The minimum atomic E-state index is -0.426. The zero-order chi connectivity index (χ0) is 19.6. The van der Waals surface area contributed by atoms with E-state index in [1.54, 1.807) is 29.2 Å². The van der Waals surface area contributed by atoms with Crippen LogP contribution in [0.25, 0.3) is 0 Å². The third kappa shape index (κ3) is 4.58. The summed E-state index contributed by atoms with van der Waals surface area (Å²) in [4.78, 5) is 31.1. The molecule has 1 aliphatic heterocycles. The van der Waals surface area contributed by atoms with Crippen LogP contribution >= 0.6 is 23.2 Å². The van der Waals surface area contributed by atoms with E-state index in [0.717, 1.165) is 0 Å². The highest BCUT2D eigenvalue weighted by Crippen LogP contribution is 2.23. The SMILES string of the molecule is C[C@@H]1CN(C(=O)c2ccccc2NC(=O)c2cnc(Cl)c(Cl)c2)C[C@@H](C)O1. The lowest BCUT2D eigenvalue weighted by molar-refractivity contribution is -0.0585. The van der Waals surface area contributed by atoms with Crippen LogP contribution in [-0.4, -0.2) is 47.0 Å². The van der Waals surface area contributed by atoms with Crippen LogP contribution in [0.3, 0.4) is 0 Å². The van der Waals surface area contributed by atoms with Crippen molar-refractivity contribution in [2.24, 2.45) is 0 Å². The predicted octanol–water partition coefficient (Wildman–Crippen LogP) is 3.89. The number of ether oxygens (including phenoxy) is 1. The molecule has 0 spiro atoms. The Labute approximate surface area is 167 Å². The molecule has 0 radical (unpaired) electrons. The first-order valence-corrected chi connectivity index (χ1v) is 9.27. The highest BCUT2D eigenvalue weighted by Gasteiger charge is 2.28. The number of pyridine rings is 1. The van der Waals surface area contributed by atoms with Gasteiger partial charge in [-0.2, -0.15) is 0 Å². The van der Waals surface area contributed by atoms with Gasteiger partial charge in [0.1, 0.15) is 5.15 Å². The summed E-state index contributed by atoms with van der Waals surface area (Å²) in [6.45, 7) is 4.87. The van der Waals surface area contributed by atoms with E-state index in [0.29, 0.717) is 24.3 Å². The van der Waals surface area contributed by atoms with Crippen molar-refractivity contribution in [3.05, 3.63) is 57.8 Å². The Morgan fingerprint density at radius 2 is 1.85 bits per heavy atom. The Hall–Kier alpha value is -2.15. The van der Waals surface area contributed by atoms with Gasteiger partial charge in [0.2, 0.25) is 0 Å². The number of benzene rings is 1. The normalized spacial score (nSPS) is 19.6. The van der Waals surface area contributed by atoms with Crippen LogP contribution in [0.15, 0.2) is 36.5 Å². The Balaban J connectivity index is 1.82. The summed E-state index contributed by atoms with van der Waals surface area (Å²) >= 11 is 11.7. The van der Waals surface area contributed by atoms with E-state index in [1.165, 1.54) is 12.3 Å². The molecule has 142 valence electrons. The number of anilines is 1. The van der Waals surface area contributed by atoms with Crippen LogP contribution in [0.1, 0.15) is 34.6 Å². The van der Waals surface area contributed by atoms with Crippen molar-refractivity contribution < 1.29 is 14.3 Å². The third-order valence-corrected chi connectivity index (χ3v) is 4.86. The number of carbonyl (C=O) groups excluding carboxylic acids is 2. The molecule has 1 aromatic carbocycles. The highest BCUT2D eigenvalue weighted by atomic mass is 35.5. The molecule has 27 heavy (non-hydrogen) atoms. The minimum Gasteiger partial charge on any atom is -0.372 e. The first-order chi connectivity index (χ1) is 12.8. The van der Waals surface area contributed by atoms with Crippen molar-refractivity contribution in [2.45, 2.75) is 26.1 Å². The fraction of sp³-hybridized carbons (Fsp3) is 0.316. The van der Waals surface area contributed by atoms with E-state index in [1.807, 2.05) is 13.8 Å². The third-order valence-electron chi connectivity index (χ3n) is 4.17. The molecule has 0 bridgehead atoms. The summed E-state index contributed by atoms with van der Waals surface area (Å²) in [5.74, 6) is -0.579. The summed E-state index contributed by atoms with van der Waals surface area (Å²) in [6.07, 6.45) is 1.25. The van der Waals surface area contributed by atoms with E-state index in [4.69, 9.17) is 27.9 Å². The first kappa shape index (κ1) is 19.6. The molecular formula is C19H19Cl2N3O3. The molecule has 2 atom stereocenters. The maximum atomic E-state index is 13.0. The Bertz CT molecular complexity index is 865. The van der Waals surface area contributed by atoms with E-state index in [-0.39, 0.29) is 33.9 Å². The zero-order valence-corrected chi connectivity index (χ0v) is 16.4. The number of rotatable bonds is 3. The molecule has 2 amide bonds. The molecule has 2 heterocycles. The zero-order valence-electron chi connectivity index (χ0n) is 14.9. The Morgan fingerprint density at radius 3 is 2.52 bits per heavy atom. The standard InChI is InChI=1S/C19H19Cl2N3O3/c1-11-9-24(10-12(2)27-11)19(26)14-5-3-4-6-16(14)23-18(25)13-7-15(20)17(21)22-8-13/h3-8,11-12H,9-10H2,1-2H3,(H,23,25)/t11-,12-/m1/s1. The molecule has 8 heteroatoms. The lowest BCUT2D eigenvalue weighted by atomic mass is 10.1. The molecule has 1 aliphatic rings. The second-order valence-corrected chi connectivity index (χ2v) is 7.23. The Kier molecular flexibility index (Phi) is 5.99. The number of carbonyl (C=O) groups is 2. The molecule has 0 saturated carbocycles.